The summed E-state index contributed by atoms with van der Waals surface area (Å²) in [6.07, 6.45) is 1.89. The highest BCUT2D eigenvalue weighted by Crippen LogP contribution is 2.58. The van der Waals surface area contributed by atoms with Gasteiger partial charge in [-0.05, 0) is 171 Å². The standard InChI is InChI=1S/C87H56N6/c1-87(2)74-42-38-61(59-28-19-29-63(49-59)92(64-39-36-53-20-9-10-27-58(53)48-64)65-40-37-60-46-56-25-11-12-26-57(56)47-62(60)50-65)51-73(74)80-70-34-17-18-35-72(70)84-82(83(80)87)81-78(43-41-71-68-32-14-13-30-66(68)67-31-15-16-33-69(67)79(71)81)93(84)86-88-45-44-75(91-86)77-52-76(54-21-5-3-6-22-54)89-85(90-77)55-23-7-4-8-24-55/h3-52H,1-2H3. The quantitative estimate of drug-likeness (QED) is 0.112. The molecule has 0 N–H and O–H groups in total. The van der Waals surface area contributed by atoms with E-state index in [1.807, 2.05) is 36.5 Å². The summed E-state index contributed by atoms with van der Waals surface area (Å²) in [7, 11) is 0. The van der Waals surface area contributed by atoms with Crippen LogP contribution in [0.25, 0.3) is 159 Å². The predicted octanol–water partition coefficient (Wildman–Crippen LogP) is 22.9. The Kier molecular flexibility index (Phi) is 11.6. The van der Waals surface area contributed by atoms with Crippen LogP contribution in [0.3, 0.4) is 0 Å². The molecule has 1 aliphatic rings. The Hall–Kier alpha value is -12.1. The molecule has 0 saturated heterocycles. The van der Waals surface area contributed by atoms with Crippen molar-refractivity contribution >= 4 is 114 Å². The molecule has 0 radical (unpaired) electrons. The van der Waals surface area contributed by atoms with Gasteiger partial charge in [-0.2, -0.15) is 0 Å². The second-order valence-corrected chi connectivity index (χ2v) is 25.3. The molecule has 0 saturated carbocycles. The van der Waals surface area contributed by atoms with Gasteiger partial charge < -0.3 is 4.90 Å². The molecule has 6 nitrogen and oxygen atoms in total. The second kappa shape index (κ2) is 20.5. The third-order valence-corrected chi connectivity index (χ3v) is 19.7. The number of hydrogen-bond donors (Lipinski definition) is 0. The Morgan fingerprint density at radius 3 is 1.62 bits per heavy atom. The van der Waals surface area contributed by atoms with E-state index in [-0.39, 0.29) is 0 Å². The summed E-state index contributed by atoms with van der Waals surface area (Å²) in [6, 6.07) is 108. The van der Waals surface area contributed by atoms with Gasteiger partial charge in [0.1, 0.15) is 0 Å². The average molecular weight is 1190 g/mol. The molecule has 1 aliphatic carbocycles. The average Bonchev–Trinajstić information content (AvgIpc) is 1.52. The lowest BCUT2D eigenvalue weighted by atomic mass is 9.79. The largest absolute Gasteiger partial charge is 0.310 e. The van der Waals surface area contributed by atoms with Gasteiger partial charge in [-0.1, -0.05) is 238 Å². The van der Waals surface area contributed by atoms with Gasteiger partial charge in [0.05, 0.1) is 28.1 Å². The number of benzene rings is 15. The molecule has 0 atom stereocenters. The molecule has 18 aromatic rings. The summed E-state index contributed by atoms with van der Waals surface area (Å²) in [6.45, 7) is 4.87. The van der Waals surface area contributed by atoms with Gasteiger partial charge in [-0.3, -0.25) is 4.57 Å². The maximum Gasteiger partial charge on any atom is 0.235 e. The Balaban J connectivity index is 0.847. The van der Waals surface area contributed by atoms with Crippen LogP contribution in [0.4, 0.5) is 17.1 Å². The van der Waals surface area contributed by atoms with E-state index in [4.69, 9.17) is 19.9 Å². The third kappa shape index (κ3) is 8.21. The maximum atomic E-state index is 5.62. The van der Waals surface area contributed by atoms with Gasteiger partial charge in [-0.25, -0.2) is 19.9 Å². The summed E-state index contributed by atoms with van der Waals surface area (Å²) < 4.78 is 2.35. The summed E-state index contributed by atoms with van der Waals surface area (Å²) >= 11 is 0. The van der Waals surface area contributed by atoms with E-state index in [9.17, 15) is 0 Å². The molecule has 0 spiro atoms. The Morgan fingerprint density at radius 1 is 0.333 bits per heavy atom. The fourth-order valence-corrected chi connectivity index (χ4v) is 15.5. The van der Waals surface area contributed by atoms with Crippen molar-refractivity contribution in [3.05, 3.63) is 315 Å². The number of fused-ring (bicyclic) bond motifs is 20. The molecule has 0 unspecified atom stereocenters. The van der Waals surface area contributed by atoms with E-state index >= 15 is 0 Å². The van der Waals surface area contributed by atoms with E-state index in [1.165, 1.54) is 103 Å². The first kappa shape index (κ1) is 52.8. The molecule has 3 aromatic heterocycles. The van der Waals surface area contributed by atoms with Crippen LogP contribution in [-0.2, 0) is 5.41 Å². The van der Waals surface area contributed by atoms with Crippen molar-refractivity contribution in [1.82, 2.24) is 24.5 Å². The first-order valence-corrected chi connectivity index (χ1v) is 31.9. The molecule has 0 fully saturated rings. The third-order valence-electron chi connectivity index (χ3n) is 19.7. The predicted molar refractivity (Wildman–Crippen MR) is 388 cm³/mol. The number of nitrogens with zero attached hydrogens (tertiary/aromatic N) is 6. The molecule has 0 aliphatic heterocycles. The highest BCUT2D eigenvalue weighted by molar-refractivity contribution is 6.38. The van der Waals surface area contributed by atoms with Crippen molar-refractivity contribution in [1.29, 1.82) is 0 Å². The Bertz CT molecular complexity index is 6070. The van der Waals surface area contributed by atoms with E-state index in [1.54, 1.807) is 0 Å². The van der Waals surface area contributed by atoms with Crippen LogP contribution in [-0.4, -0.2) is 24.5 Å². The van der Waals surface area contributed by atoms with Crippen LogP contribution in [0, 0.1) is 0 Å². The van der Waals surface area contributed by atoms with Gasteiger partial charge in [0, 0.05) is 61.3 Å². The van der Waals surface area contributed by atoms with Crippen molar-refractivity contribution in [2.45, 2.75) is 19.3 Å². The molecular weight excluding hydrogens is 1130 g/mol. The number of rotatable bonds is 8. The lowest BCUT2D eigenvalue weighted by Crippen LogP contribution is -2.15. The molecule has 434 valence electrons. The van der Waals surface area contributed by atoms with E-state index in [0.717, 1.165) is 61.4 Å². The summed E-state index contributed by atoms with van der Waals surface area (Å²) in [4.78, 5) is 23.7. The Morgan fingerprint density at radius 2 is 0.882 bits per heavy atom. The van der Waals surface area contributed by atoms with Gasteiger partial charge in [0.25, 0.3) is 0 Å². The van der Waals surface area contributed by atoms with Crippen LogP contribution in [0.1, 0.15) is 25.0 Å². The van der Waals surface area contributed by atoms with Crippen molar-refractivity contribution < 1.29 is 0 Å². The summed E-state index contributed by atoms with van der Waals surface area (Å²) in [5, 5.41) is 19.3. The SMILES string of the molecule is CC1(C)c2ccc(-c3cccc(N(c4ccc5ccccc5c4)c4ccc5cc6ccccc6cc5c4)c3)cc2-c2c1c1c3c4c5ccccc5c5ccccc5c4ccc3n(-c3nccc(-c4cc(-c5ccccc5)nc(-c5ccccc5)n4)n3)c1c1ccccc21. The number of anilines is 3. The van der Waals surface area contributed by atoms with Crippen LogP contribution in [0.15, 0.2) is 303 Å². The van der Waals surface area contributed by atoms with Crippen molar-refractivity contribution in [2.75, 3.05) is 4.90 Å². The summed E-state index contributed by atoms with van der Waals surface area (Å²) in [5.74, 6) is 1.19. The van der Waals surface area contributed by atoms with Gasteiger partial charge in [-0.15, -0.1) is 0 Å². The minimum Gasteiger partial charge on any atom is -0.310 e. The number of hydrogen-bond acceptors (Lipinski definition) is 5. The zero-order valence-electron chi connectivity index (χ0n) is 51.1. The fraction of sp³-hybridized carbons (Fsp3) is 0.0345. The Labute approximate surface area is 536 Å². The van der Waals surface area contributed by atoms with Gasteiger partial charge >= 0.3 is 0 Å². The van der Waals surface area contributed by atoms with Crippen LogP contribution in [0.2, 0.25) is 0 Å². The lowest BCUT2D eigenvalue weighted by Gasteiger charge is -2.27. The molecule has 19 rings (SSSR count). The topological polar surface area (TPSA) is 59.7 Å². The first-order chi connectivity index (χ1) is 45.9. The normalized spacial score (nSPS) is 12.7. The first-order valence-electron chi connectivity index (χ1n) is 31.9. The molecule has 15 aromatic carbocycles. The van der Waals surface area contributed by atoms with Crippen molar-refractivity contribution in [3.63, 3.8) is 0 Å². The molecular formula is C87H56N6. The molecule has 0 amide bonds. The smallest absolute Gasteiger partial charge is 0.235 e. The van der Waals surface area contributed by atoms with E-state index in [2.05, 4.69) is 290 Å². The zero-order chi connectivity index (χ0) is 61.5. The maximum absolute atomic E-state index is 5.62. The number of aromatic nitrogens is 5. The summed E-state index contributed by atoms with van der Waals surface area (Å²) in [5.41, 5.74) is 16.5. The highest BCUT2D eigenvalue weighted by Gasteiger charge is 2.41. The van der Waals surface area contributed by atoms with Gasteiger partial charge in [0.15, 0.2) is 5.82 Å². The minimum atomic E-state index is -0.457. The van der Waals surface area contributed by atoms with Crippen LogP contribution in [0.5, 0.6) is 0 Å². The van der Waals surface area contributed by atoms with Crippen LogP contribution < -0.4 is 4.90 Å². The fourth-order valence-electron chi connectivity index (χ4n) is 15.5. The molecule has 3 heterocycles. The molecule has 6 heteroatoms. The zero-order valence-corrected chi connectivity index (χ0v) is 51.1. The monoisotopic (exact) mass is 1180 g/mol. The minimum absolute atomic E-state index is 0.457. The molecule has 93 heavy (non-hydrogen) atoms. The molecule has 0 bridgehead atoms. The highest BCUT2D eigenvalue weighted by atomic mass is 15.2. The van der Waals surface area contributed by atoms with E-state index < -0.39 is 5.41 Å². The van der Waals surface area contributed by atoms with Crippen molar-refractivity contribution in [2.24, 2.45) is 0 Å². The van der Waals surface area contributed by atoms with Crippen molar-refractivity contribution in [3.8, 4) is 62.2 Å². The lowest BCUT2D eigenvalue weighted by molar-refractivity contribution is 0.667. The second-order valence-electron chi connectivity index (χ2n) is 25.3. The van der Waals surface area contributed by atoms with E-state index in [0.29, 0.717) is 23.2 Å². The van der Waals surface area contributed by atoms with Crippen LogP contribution >= 0.6 is 0 Å². The van der Waals surface area contributed by atoms with Gasteiger partial charge in [0.2, 0.25) is 5.95 Å².